The third kappa shape index (κ3) is 5.97. The van der Waals surface area contributed by atoms with E-state index < -0.39 is 17.3 Å². The second-order valence-electron chi connectivity index (χ2n) is 7.58. The van der Waals surface area contributed by atoms with Crippen LogP contribution in [-0.2, 0) is 29.2 Å². The zero-order valence-electron chi connectivity index (χ0n) is 18.8. The van der Waals surface area contributed by atoms with Crippen LogP contribution in [0.5, 0.6) is 0 Å². The lowest BCUT2D eigenvalue weighted by atomic mass is 10.1. The third-order valence-corrected chi connectivity index (χ3v) is 5.99. The Balaban J connectivity index is 1.38. The molecule has 180 valence electrons. The van der Waals surface area contributed by atoms with Crippen molar-refractivity contribution in [3.05, 3.63) is 98.2 Å². The molecular weight excluding hydrogens is 473 g/mol. The minimum Gasteiger partial charge on any atom is -0.462 e. The fraction of sp³-hybridized carbons (Fsp3) is 0.200. The summed E-state index contributed by atoms with van der Waals surface area (Å²) in [6.45, 7) is 2.62. The molecule has 0 aliphatic heterocycles. The van der Waals surface area contributed by atoms with Crippen molar-refractivity contribution in [2.24, 2.45) is 0 Å². The van der Waals surface area contributed by atoms with E-state index >= 15 is 0 Å². The number of rotatable bonds is 9. The van der Waals surface area contributed by atoms with Gasteiger partial charge in [-0.15, -0.1) is 11.3 Å². The van der Waals surface area contributed by atoms with Crippen LogP contribution < -0.4 is 10.9 Å². The van der Waals surface area contributed by atoms with E-state index in [9.17, 15) is 18.8 Å². The van der Waals surface area contributed by atoms with Crippen molar-refractivity contribution in [1.82, 2.24) is 15.3 Å². The Morgan fingerprint density at radius 1 is 1.11 bits per heavy atom. The molecule has 2 aromatic heterocycles. The number of nitrogens with one attached hydrogen (secondary N) is 2. The number of aromatic nitrogens is 2. The van der Waals surface area contributed by atoms with Crippen molar-refractivity contribution in [1.29, 1.82) is 0 Å². The number of amides is 1. The summed E-state index contributed by atoms with van der Waals surface area (Å²) in [7, 11) is 0. The quantitative estimate of drug-likeness (QED) is 0.340. The Labute approximate surface area is 203 Å². The molecule has 4 rings (SSSR count). The fourth-order valence-corrected chi connectivity index (χ4v) is 4.29. The summed E-state index contributed by atoms with van der Waals surface area (Å²) in [4.78, 5) is 44.1. The van der Waals surface area contributed by atoms with Gasteiger partial charge in [0.15, 0.2) is 0 Å². The van der Waals surface area contributed by atoms with Crippen LogP contribution in [0.4, 0.5) is 4.39 Å². The van der Waals surface area contributed by atoms with E-state index in [0.29, 0.717) is 33.5 Å². The van der Waals surface area contributed by atoms with Crippen LogP contribution >= 0.6 is 11.3 Å². The SMILES string of the molecule is CCOC(=O)c1ccc(COCc2csc3nc(C(=O)NCc4cccc(F)c4)[nH]c(=O)c23)cc1. The second kappa shape index (κ2) is 11.0. The maximum absolute atomic E-state index is 13.3. The predicted molar refractivity (Wildman–Crippen MR) is 129 cm³/mol. The molecule has 10 heteroatoms. The number of thiophene rings is 1. The third-order valence-electron chi connectivity index (χ3n) is 5.07. The minimum atomic E-state index is -0.564. The Morgan fingerprint density at radius 2 is 1.91 bits per heavy atom. The first-order chi connectivity index (χ1) is 16.9. The van der Waals surface area contributed by atoms with E-state index in [1.54, 1.807) is 48.7 Å². The highest BCUT2D eigenvalue weighted by Gasteiger charge is 2.16. The Bertz CT molecular complexity index is 1410. The number of carbonyl (C=O) groups is 2. The van der Waals surface area contributed by atoms with E-state index in [1.165, 1.54) is 23.5 Å². The molecule has 0 unspecified atom stereocenters. The van der Waals surface area contributed by atoms with Crippen LogP contribution in [0.3, 0.4) is 0 Å². The van der Waals surface area contributed by atoms with Gasteiger partial charge in [0, 0.05) is 12.1 Å². The average Bonchev–Trinajstić information content (AvgIpc) is 3.26. The number of aromatic amines is 1. The van der Waals surface area contributed by atoms with Gasteiger partial charge in [0.1, 0.15) is 10.6 Å². The first kappa shape index (κ1) is 24.2. The molecule has 0 bridgehead atoms. The number of hydrogen-bond donors (Lipinski definition) is 2. The van der Waals surface area contributed by atoms with E-state index in [0.717, 1.165) is 5.56 Å². The van der Waals surface area contributed by atoms with Crippen LogP contribution in [0.25, 0.3) is 10.2 Å². The van der Waals surface area contributed by atoms with Gasteiger partial charge in [-0.05, 0) is 47.7 Å². The topological polar surface area (TPSA) is 110 Å². The first-order valence-electron chi connectivity index (χ1n) is 10.8. The molecule has 2 aromatic carbocycles. The summed E-state index contributed by atoms with van der Waals surface area (Å²) < 4.78 is 24.0. The molecule has 8 nitrogen and oxygen atoms in total. The van der Waals surface area contributed by atoms with Gasteiger partial charge >= 0.3 is 5.97 Å². The highest BCUT2D eigenvalue weighted by molar-refractivity contribution is 7.16. The van der Waals surface area contributed by atoms with E-state index in [4.69, 9.17) is 9.47 Å². The normalized spacial score (nSPS) is 10.9. The predicted octanol–water partition coefficient (Wildman–Crippen LogP) is 3.95. The minimum absolute atomic E-state index is 0.0998. The Hall–Kier alpha value is -3.89. The molecule has 35 heavy (non-hydrogen) atoms. The summed E-state index contributed by atoms with van der Waals surface area (Å²) >= 11 is 1.24. The van der Waals surface area contributed by atoms with Gasteiger partial charge < -0.3 is 19.8 Å². The van der Waals surface area contributed by atoms with Crippen molar-refractivity contribution in [3.8, 4) is 0 Å². The summed E-state index contributed by atoms with van der Waals surface area (Å²) in [6, 6.07) is 12.8. The molecule has 0 aliphatic rings. The van der Waals surface area contributed by atoms with Crippen molar-refractivity contribution in [2.45, 2.75) is 26.7 Å². The van der Waals surface area contributed by atoms with Crippen LogP contribution in [0.2, 0.25) is 0 Å². The number of ether oxygens (including phenoxy) is 2. The van der Waals surface area contributed by atoms with Crippen molar-refractivity contribution >= 4 is 33.4 Å². The molecule has 0 atom stereocenters. The summed E-state index contributed by atoms with van der Waals surface area (Å²) in [6.07, 6.45) is 0. The van der Waals surface area contributed by atoms with E-state index in [2.05, 4.69) is 15.3 Å². The van der Waals surface area contributed by atoms with Gasteiger partial charge in [-0.2, -0.15) is 0 Å². The van der Waals surface area contributed by atoms with Crippen molar-refractivity contribution in [3.63, 3.8) is 0 Å². The summed E-state index contributed by atoms with van der Waals surface area (Å²) in [5.41, 5.74) is 2.14. The van der Waals surface area contributed by atoms with Crippen LogP contribution in [0.1, 0.15) is 44.6 Å². The number of halogens is 1. The monoisotopic (exact) mass is 495 g/mol. The van der Waals surface area contributed by atoms with Gasteiger partial charge in [-0.1, -0.05) is 24.3 Å². The number of nitrogens with zero attached hydrogens (tertiary/aromatic N) is 1. The van der Waals surface area contributed by atoms with E-state index in [1.807, 2.05) is 0 Å². The Morgan fingerprint density at radius 3 is 2.66 bits per heavy atom. The molecule has 4 aromatic rings. The molecule has 2 heterocycles. The van der Waals surface area contributed by atoms with Gasteiger partial charge in [0.25, 0.3) is 11.5 Å². The lowest BCUT2D eigenvalue weighted by Crippen LogP contribution is -2.27. The first-order valence-corrected chi connectivity index (χ1v) is 11.7. The average molecular weight is 496 g/mol. The van der Waals surface area contributed by atoms with Crippen LogP contribution in [0, 0.1) is 5.82 Å². The van der Waals surface area contributed by atoms with E-state index in [-0.39, 0.29) is 31.6 Å². The van der Waals surface area contributed by atoms with Gasteiger partial charge in [-0.25, -0.2) is 14.2 Å². The molecule has 1 amide bonds. The zero-order chi connectivity index (χ0) is 24.8. The molecule has 0 saturated heterocycles. The molecule has 0 radical (unpaired) electrons. The molecule has 0 fully saturated rings. The molecular formula is C25H22FN3O5S. The second-order valence-corrected chi connectivity index (χ2v) is 8.44. The maximum atomic E-state index is 13.3. The maximum Gasteiger partial charge on any atom is 0.338 e. The fourth-order valence-electron chi connectivity index (χ4n) is 3.36. The number of esters is 1. The number of benzene rings is 2. The molecule has 0 aliphatic carbocycles. The zero-order valence-corrected chi connectivity index (χ0v) is 19.6. The summed E-state index contributed by atoms with van der Waals surface area (Å²) in [5, 5.41) is 4.76. The van der Waals surface area contributed by atoms with Crippen molar-refractivity contribution < 1.29 is 23.5 Å². The van der Waals surface area contributed by atoms with Gasteiger partial charge in [-0.3, -0.25) is 9.59 Å². The van der Waals surface area contributed by atoms with Gasteiger partial charge in [0.05, 0.1) is 30.8 Å². The smallest absolute Gasteiger partial charge is 0.338 e. The Kier molecular flexibility index (Phi) is 7.64. The van der Waals surface area contributed by atoms with Crippen LogP contribution in [-0.4, -0.2) is 28.5 Å². The lowest BCUT2D eigenvalue weighted by Gasteiger charge is -2.06. The van der Waals surface area contributed by atoms with Gasteiger partial charge in [0.2, 0.25) is 5.82 Å². The lowest BCUT2D eigenvalue weighted by molar-refractivity contribution is 0.0526. The number of carbonyl (C=O) groups excluding carboxylic acids is 2. The number of H-pyrrole nitrogens is 1. The highest BCUT2D eigenvalue weighted by Crippen LogP contribution is 2.22. The number of hydrogen-bond acceptors (Lipinski definition) is 7. The molecule has 2 N–H and O–H groups in total. The standard InChI is InChI=1S/C25H22FN3O5S/c1-2-34-25(32)17-8-6-15(7-9-17)12-33-13-18-14-35-24-20(18)22(30)28-21(29-24)23(31)27-11-16-4-3-5-19(26)10-16/h3-10,14H,2,11-13H2,1H3,(H,27,31)(H,28,29,30). The van der Waals surface area contributed by atoms with Crippen molar-refractivity contribution in [2.75, 3.05) is 6.61 Å². The molecule has 0 saturated carbocycles. The molecule has 0 spiro atoms. The highest BCUT2D eigenvalue weighted by atomic mass is 32.1. The largest absolute Gasteiger partial charge is 0.462 e. The number of fused-ring (bicyclic) bond motifs is 1. The summed E-state index contributed by atoms with van der Waals surface area (Å²) in [5.74, 6) is -1.45. The van der Waals surface area contributed by atoms with Crippen LogP contribution in [0.15, 0.2) is 58.7 Å².